The van der Waals surface area contributed by atoms with E-state index in [-0.39, 0.29) is 11.7 Å². The number of hydrogen-bond acceptors (Lipinski definition) is 3. The maximum absolute atomic E-state index is 13.4. The molecule has 1 aliphatic carbocycles. The largest absolute Gasteiger partial charge is 0.409 e. The van der Waals surface area contributed by atoms with Gasteiger partial charge >= 0.3 is 0 Å². The Morgan fingerprint density at radius 1 is 1.40 bits per heavy atom. The van der Waals surface area contributed by atoms with Gasteiger partial charge in [0.15, 0.2) is 5.84 Å². The summed E-state index contributed by atoms with van der Waals surface area (Å²) in [5, 5.41) is 11.8. The summed E-state index contributed by atoms with van der Waals surface area (Å²) in [6.45, 7) is 0.914. The van der Waals surface area contributed by atoms with Gasteiger partial charge in [-0.25, -0.2) is 4.39 Å². The van der Waals surface area contributed by atoms with Gasteiger partial charge in [-0.15, -0.1) is 0 Å². The molecule has 5 heteroatoms. The number of nitrogens with zero attached hydrogens (tertiary/aromatic N) is 2. The molecule has 1 aliphatic rings. The highest BCUT2D eigenvalue weighted by atomic mass is 19.1. The Balaban J connectivity index is 2.18. The molecule has 1 fully saturated rings. The smallest absolute Gasteiger partial charge is 0.172 e. The molecule has 0 atom stereocenters. The average molecular weight is 279 g/mol. The molecule has 2 rings (SSSR count). The minimum Gasteiger partial charge on any atom is -0.409 e. The van der Waals surface area contributed by atoms with Crippen LogP contribution >= 0.6 is 0 Å². The number of benzene rings is 1. The standard InChI is InChI=1S/C15H22FN3O/c1-19(10-11-5-3-2-4-6-11)14-8-7-12(16)9-13(14)15(17)18-20/h7-9,11,20H,2-6,10H2,1H3,(H2,17,18). The summed E-state index contributed by atoms with van der Waals surface area (Å²) in [4.78, 5) is 2.07. The lowest BCUT2D eigenvalue weighted by Crippen LogP contribution is -2.29. The van der Waals surface area contributed by atoms with Gasteiger partial charge in [-0.1, -0.05) is 24.4 Å². The number of halogens is 1. The monoisotopic (exact) mass is 279 g/mol. The summed E-state index contributed by atoms with van der Waals surface area (Å²) in [6, 6.07) is 4.40. The molecular formula is C15H22FN3O. The lowest BCUT2D eigenvalue weighted by molar-refractivity contribution is 0.318. The van der Waals surface area contributed by atoms with Gasteiger partial charge in [-0.2, -0.15) is 0 Å². The fourth-order valence-corrected chi connectivity index (χ4v) is 2.96. The topological polar surface area (TPSA) is 61.8 Å². The maximum Gasteiger partial charge on any atom is 0.172 e. The van der Waals surface area contributed by atoms with Crippen LogP contribution in [0, 0.1) is 11.7 Å². The van der Waals surface area contributed by atoms with Gasteiger partial charge in [-0.3, -0.25) is 0 Å². The van der Waals surface area contributed by atoms with Crippen LogP contribution in [-0.4, -0.2) is 24.6 Å². The van der Waals surface area contributed by atoms with Gasteiger partial charge in [0, 0.05) is 24.8 Å². The first-order valence-corrected chi connectivity index (χ1v) is 7.10. The fourth-order valence-electron chi connectivity index (χ4n) is 2.96. The summed E-state index contributed by atoms with van der Waals surface area (Å²) in [5.41, 5.74) is 6.88. The van der Waals surface area contributed by atoms with Crippen LogP contribution in [0.15, 0.2) is 23.4 Å². The van der Waals surface area contributed by atoms with Crippen molar-refractivity contribution in [2.24, 2.45) is 16.8 Å². The molecule has 0 aromatic heterocycles. The summed E-state index contributed by atoms with van der Waals surface area (Å²) in [7, 11) is 1.97. The highest BCUT2D eigenvalue weighted by molar-refractivity contribution is 6.02. The highest BCUT2D eigenvalue weighted by Gasteiger charge is 2.18. The molecule has 1 saturated carbocycles. The zero-order chi connectivity index (χ0) is 14.5. The molecule has 0 heterocycles. The quantitative estimate of drug-likeness (QED) is 0.385. The van der Waals surface area contributed by atoms with Crippen LogP contribution < -0.4 is 10.6 Å². The van der Waals surface area contributed by atoms with Crippen molar-refractivity contribution in [1.82, 2.24) is 0 Å². The number of nitrogens with two attached hydrogens (primary N) is 1. The van der Waals surface area contributed by atoms with Crippen molar-refractivity contribution in [2.75, 3.05) is 18.5 Å². The lowest BCUT2D eigenvalue weighted by atomic mass is 9.89. The van der Waals surface area contributed by atoms with Crippen LogP contribution in [0.25, 0.3) is 0 Å². The molecule has 3 N–H and O–H groups in total. The highest BCUT2D eigenvalue weighted by Crippen LogP contribution is 2.27. The minimum absolute atomic E-state index is 0.0602. The van der Waals surface area contributed by atoms with Crippen molar-refractivity contribution in [2.45, 2.75) is 32.1 Å². The van der Waals surface area contributed by atoms with Gasteiger partial charge in [0.05, 0.1) is 0 Å². The van der Waals surface area contributed by atoms with Crippen molar-refractivity contribution >= 4 is 11.5 Å². The van der Waals surface area contributed by atoms with Crippen molar-refractivity contribution in [3.05, 3.63) is 29.6 Å². The molecule has 0 spiro atoms. The van der Waals surface area contributed by atoms with Crippen molar-refractivity contribution in [1.29, 1.82) is 0 Å². The molecule has 0 saturated heterocycles. The maximum atomic E-state index is 13.4. The molecule has 1 aromatic carbocycles. The third-order valence-electron chi connectivity index (χ3n) is 4.01. The van der Waals surface area contributed by atoms with E-state index in [9.17, 15) is 4.39 Å². The van der Waals surface area contributed by atoms with E-state index < -0.39 is 0 Å². The van der Waals surface area contributed by atoms with Crippen LogP contribution in [0.3, 0.4) is 0 Å². The van der Waals surface area contributed by atoms with Gasteiger partial charge in [0.2, 0.25) is 0 Å². The Labute approximate surface area is 119 Å². The van der Waals surface area contributed by atoms with E-state index in [2.05, 4.69) is 10.1 Å². The number of hydrogen-bond donors (Lipinski definition) is 2. The second kappa shape index (κ2) is 6.59. The SMILES string of the molecule is CN(CC1CCCCC1)c1ccc(F)cc1C(N)=NO. The van der Waals surface area contributed by atoms with E-state index in [0.29, 0.717) is 11.5 Å². The predicted molar refractivity (Wildman–Crippen MR) is 78.8 cm³/mol. The third kappa shape index (κ3) is 3.40. The molecule has 110 valence electrons. The summed E-state index contributed by atoms with van der Waals surface area (Å²) < 4.78 is 13.4. The number of anilines is 1. The predicted octanol–water partition coefficient (Wildman–Crippen LogP) is 2.94. The van der Waals surface area contributed by atoms with E-state index >= 15 is 0 Å². The first-order valence-electron chi connectivity index (χ1n) is 7.10. The van der Waals surface area contributed by atoms with E-state index in [4.69, 9.17) is 10.9 Å². The van der Waals surface area contributed by atoms with E-state index in [1.165, 1.54) is 44.2 Å². The molecule has 20 heavy (non-hydrogen) atoms. The Kier molecular flexibility index (Phi) is 4.82. The summed E-state index contributed by atoms with van der Waals surface area (Å²) in [5.74, 6) is 0.218. The van der Waals surface area contributed by atoms with Gasteiger partial charge in [-0.05, 0) is 37.0 Å². The first kappa shape index (κ1) is 14.6. The van der Waals surface area contributed by atoms with Gasteiger partial charge in [0.1, 0.15) is 5.82 Å². The van der Waals surface area contributed by atoms with Crippen molar-refractivity contribution < 1.29 is 9.60 Å². The summed E-state index contributed by atoms with van der Waals surface area (Å²) >= 11 is 0. The van der Waals surface area contributed by atoms with Crippen LogP contribution in [0.5, 0.6) is 0 Å². The number of oxime groups is 1. The Morgan fingerprint density at radius 2 is 2.10 bits per heavy atom. The molecule has 0 amide bonds. The van der Waals surface area contributed by atoms with Crippen LogP contribution in [0.2, 0.25) is 0 Å². The second-order valence-corrected chi connectivity index (χ2v) is 5.53. The van der Waals surface area contributed by atoms with Crippen molar-refractivity contribution in [3.63, 3.8) is 0 Å². The molecular weight excluding hydrogens is 257 g/mol. The van der Waals surface area contributed by atoms with E-state index in [0.717, 1.165) is 12.2 Å². The van der Waals surface area contributed by atoms with Crippen LogP contribution in [-0.2, 0) is 0 Å². The van der Waals surface area contributed by atoms with Gasteiger partial charge in [0.25, 0.3) is 0 Å². The van der Waals surface area contributed by atoms with Crippen molar-refractivity contribution in [3.8, 4) is 0 Å². The zero-order valence-electron chi connectivity index (χ0n) is 11.8. The summed E-state index contributed by atoms with van der Waals surface area (Å²) in [6.07, 6.45) is 6.38. The molecule has 4 nitrogen and oxygen atoms in total. The molecule has 1 aromatic rings. The van der Waals surface area contributed by atoms with E-state index in [1.54, 1.807) is 6.07 Å². The van der Waals surface area contributed by atoms with Crippen LogP contribution in [0.4, 0.5) is 10.1 Å². The number of amidine groups is 1. The molecule has 0 aliphatic heterocycles. The molecule has 0 radical (unpaired) electrons. The molecule has 0 bridgehead atoms. The fraction of sp³-hybridized carbons (Fsp3) is 0.533. The minimum atomic E-state index is -0.388. The van der Waals surface area contributed by atoms with E-state index in [1.807, 2.05) is 7.05 Å². The zero-order valence-corrected chi connectivity index (χ0v) is 11.8. The van der Waals surface area contributed by atoms with Crippen LogP contribution in [0.1, 0.15) is 37.7 Å². The van der Waals surface area contributed by atoms with Gasteiger partial charge < -0.3 is 15.8 Å². The Hall–Kier alpha value is -1.78. The second-order valence-electron chi connectivity index (χ2n) is 5.53. The number of rotatable bonds is 4. The Bertz CT molecular complexity index is 484. The first-order chi connectivity index (χ1) is 9.61. The Morgan fingerprint density at radius 3 is 2.75 bits per heavy atom. The normalized spacial score (nSPS) is 17.2. The average Bonchev–Trinajstić information content (AvgIpc) is 2.47. The molecule has 0 unspecified atom stereocenters. The third-order valence-corrected chi connectivity index (χ3v) is 4.01. The lowest BCUT2D eigenvalue weighted by Gasteiger charge is -2.29.